The van der Waals surface area contributed by atoms with Crippen molar-refractivity contribution in [2.75, 3.05) is 0 Å². The van der Waals surface area contributed by atoms with Gasteiger partial charge in [0.1, 0.15) is 5.82 Å². The molecule has 0 bridgehead atoms. The highest BCUT2D eigenvalue weighted by atomic mass is 15.1. The number of nitrogens with zero attached hydrogens (tertiary/aromatic N) is 2. The number of hydrogen-bond acceptors (Lipinski definition) is 1. The van der Waals surface area contributed by atoms with E-state index in [-0.39, 0.29) is 0 Å². The zero-order valence-electron chi connectivity index (χ0n) is 9.94. The third kappa shape index (κ3) is 1.78. The van der Waals surface area contributed by atoms with E-state index in [9.17, 15) is 0 Å². The summed E-state index contributed by atoms with van der Waals surface area (Å²) in [7, 11) is 0. The van der Waals surface area contributed by atoms with E-state index < -0.39 is 0 Å². The molecule has 0 N–H and O–H groups in total. The highest BCUT2D eigenvalue weighted by Gasteiger charge is 2.06. The van der Waals surface area contributed by atoms with Crippen LogP contribution in [-0.4, -0.2) is 9.55 Å². The van der Waals surface area contributed by atoms with Crippen molar-refractivity contribution in [3.05, 3.63) is 48.3 Å². The van der Waals surface area contributed by atoms with E-state index in [4.69, 9.17) is 0 Å². The fraction of sp³-hybridized carbons (Fsp3) is 0.214. The smallest absolute Gasteiger partial charge is 0.111 e. The van der Waals surface area contributed by atoms with Crippen LogP contribution in [-0.2, 0) is 0 Å². The Bertz CT molecular complexity index is 559. The van der Waals surface area contributed by atoms with Gasteiger partial charge in [-0.05, 0) is 39.0 Å². The van der Waals surface area contributed by atoms with Crippen molar-refractivity contribution in [3.63, 3.8) is 0 Å². The molecule has 2 rings (SSSR count). The lowest BCUT2D eigenvalue weighted by Gasteiger charge is -2.05. The first-order valence-corrected chi connectivity index (χ1v) is 5.48. The zero-order chi connectivity index (χ0) is 11.5. The molecule has 2 nitrogen and oxygen atoms in total. The second kappa shape index (κ2) is 4.35. The maximum atomic E-state index is 4.54. The van der Waals surface area contributed by atoms with Gasteiger partial charge in [-0.25, -0.2) is 4.98 Å². The summed E-state index contributed by atoms with van der Waals surface area (Å²) in [5.41, 5.74) is 3.40. The predicted molar refractivity (Wildman–Crippen MR) is 69.2 cm³/mol. The average molecular weight is 212 g/mol. The minimum absolute atomic E-state index is 1.03. The summed E-state index contributed by atoms with van der Waals surface area (Å²) in [6, 6.07) is 8.21. The third-order valence-corrected chi connectivity index (χ3v) is 2.61. The van der Waals surface area contributed by atoms with E-state index in [1.165, 1.54) is 11.2 Å². The minimum atomic E-state index is 1.03. The fourth-order valence-corrected chi connectivity index (χ4v) is 1.90. The number of allylic oxidation sites excluding steroid dienone is 4. The van der Waals surface area contributed by atoms with Gasteiger partial charge in [0.2, 0.25) is 0 Å². The molecule has 2 aromatic rings. The van der Waals surface area contributed by atoms with E-state index in [1.807, 2.05) is 44.2 Å². The molecule has 0 aliphatic rings. The Morgan fingerprint density at radius 3 is 2.81 bits per heavy atom. The molecule has 0 amide bonds. The number of rotatable bonds is 2. The summed E-state index contributed by atoms with van der Waals surface area (Å²) in [4.78, 5) is 4.54. The molecule has 0 aliphatic carbocycles. The van der Waals surface area contributed by atoms with E-state index in [2.05, 4.69) is 28.6 Å². The van der Waals surface area contributed by atoms with Crippen molar-refractivity contribution in [2.24, 2.45) is 0 Å². The van der Waals surface area contributed by atoms with Crippen LogP contribution < -0.4 is 0 Å². The van der Waals surface area contributed by atoms with Gasteiger partial charge < -0.3 is 4.57 Å². The molecule has 0 fully saturated rings. The number of aryl methyl sites for hydroxylation is 1. The summed E-state index contributed by atoms with van der Waals surface area (Å²) in [5, 5.41) is 0. The number of imidazole rings is 1. The van der Waals surface area contributed by atoms with Crippen LogP contribution in [0.2, 0.25) is 0 Å². The maximum Gasteiger partial charge on any atom is 0.111 e. The molecule has 0 aliphatic heterocycles. The molecule has 2 heteroatoms. The first kappa shape index (κ1) is 10.7. The Labute approximate surface area is 95.9 Å². The third-order valence-electron chi connectivity index (χ3n) is 2.61. The van der Waals surface area contributed by atoms with Gasteiger partial charge in [-0.3, -0.25) is 0 Å². The van der Waals surface area contributed by atoms with Gasteiger partial charge in [-0.1, -0.05) is 24.3 Å². The number of para-hydroxylation sites is 2. The number of fused-ring (bicyclic) bond motifs is 1. The lowest BCUT2D eigenvalue weighted by atomic mass is 10.3. The van der Waals surface area contributed by atoms with E-state index in [0.717, 1.165) is 11.3 Å². The van der Waals surface area contributed by atoms with Crippen LogP contribution in [0, 0.1) is 6.92 Å². The van der Waals surface area contributed by atoms with Crippen LogP contribution in [0.1, 0.15) is 19.7 Å². The molecule has 0 radical (unpaired) electrons. The van der Waals surface area contributed by atoms with Crippen molar-refractivity contribution in [2.45, 2.75) is 20.8 Å². The van der Waals surface area contributed by atoms with Gasteiger partial charge in [0, 0.05) is 5.70 Å². The Hall–Kier alpha value is -1.83. The Morgan fingerprint density at radius 2 is 2.06 bits per heavy atom. The standard InChI is InChI=1S/C14H16N2/c1-4-5-8-11(2)16-12(3)15-13-9-6-7-10-14(13)16/h4-10H,1-3H3/b5-4-,11-8+. The molecule has 1 heterocycles. The van der Waals surface area contributed by atoms with E-state index in [1.54, 1.807) is 0 Å². The van der Waals surface area contributed by atoms with Crippen LogP contribution in [0.25, 0.3) is 16.7 Å². The van der Waals surface area contributed by atoms with Crippen molar-refractivity contribution >= 4 is 16.7 Å². The maximum absolute atomic E-state index is 4.54. The quantitative estimate of drug-likeness (QED) is 0.693. The lowest BCUT2D eigenvalue weighted by Crippen LogP contribution is -1.95. The lowest BCUT2D eigenvalue weighted by molar-refractivity contribution is 1.01. The van der Waals surface area contributed by atoms with Gasteiger partial charge in [0.25, 0.3) is 0 Å². The van der Waals surface area contributed by atoms with E-state index in [0.29, 0.717) is 0 Å². The molecular formula is C14H16N2. The molecule has 0 saturated carbocycles. The van der Waals surface area contributed by atoms with Gasteiger partial charge >= 0.3 is 0 Å². The predicted octanol–water partition coefficient (Wildman–Crippen LogP) is 3.78. The molecule has 0 atom stereocenters. The Balaban J connectivity index is 2.63. The van der Waals surface area contributed by atoms with Gasteiger partial charge in [0.05, 0.1) is 11.0 Å². The van der Waals surface area contributed by atoms with Crippen LogP contribution in [0.5, 0.6) is 0 Å². The SMILES string of the molecule is C/C=C\C=C(/C)n1c(C)nc2ccccc21. The molecule has 0 unspecified atom stereocenters. The minimum Gasteiger partial charge on any atom is -0.301 e. The first-order valence-electron chi connectivity index (χ1n) is 5.48. The summed E-state index contributed by atoms with van der Waals surface area (Å²) >= 11 is 0. The van der Waals surface area contributed by atoms with Gasteiger partial charge in [0.15, 0.2) is 0 Å². The molecule has 16 heavy (non-hydrogen) atoms. The topological polar surface area (TPSA) is 17.8 Å². The van der Waals surface area contributed by atoms with Crippen LogP contribution >= 0.6 is 0 Å². The summed E-state index contributed by atoms with van der Waals surface area (Å²) < 4.78 is 2.18. The summed E-state index contributed by atoms with van der Waals surface area (Å²) in [5.74, 6) is 1.03. The van der Waals surface area contributed by atoms with E-state index >= 15 is 0 Å². The summed E-state index contributed by atoms with van der Waals surface area (Å²) in [6.07, 6.45) is 6.17. The number of hydrogen-bond donors (Lipinski definition) is 0. The van der Waals surface area contributed by atoms with Crippen LogP contribution in [0.15, 0.2) is 42.5 Å². The molecule has 1 aromatic heterocycles. The monoisotopic (exact) mass is 212 g/mol. The van der Waals surface area contributed by atoms with Crippen molar-refractivity contribution in [3.8, 4) is 0 Å². The van der Waals surface area contributed by atoms with Crippen molar-refractivity contribution in [1.82, 2.24) is 9.55 Å². The molecular weight excluding hydrogens is 196 g/mol. The first-order chi connectivity index (χ1) is 7.74. The largest absolute Gasteiger partial charge is 0.301 e. The normalized spacial score (nSPS) is 12.8. The molecule has 1 aromatic carbocycles. The Kier molecular flexibility index (Phi) is 2.91. The fourth-order valence-electron chi connectivity index (χ4n) is 1.90. The van der Waals surface area contributed by atoms with Crippen molar-refractivity contribution < 1.29 is 0 Å². The summed E-state index contributed by atoms with van der Waals surface area (Å²) in [6.45, 7) is 6.15. The molecule has 82 valence electrons. The zero-order valence-corrected chi connectivity index (χ0v) is 9.94. The van der Waals surface area contributed by atoms with Crippen LogP contribution in [0.4, 0.5) is 0 Å². The van der Waals surface area contributed by atoms with Gasteiger partial charge in [-0.15, -0.1) is 0 Å². The second-order valence-electron chi connectivity index (χ2n) is 3.82. The number of aromatic nitrogens is 2. The second-order valence-corrected chi connectivity index (χ2v) is 3.82. The molecule has 0 saturated heterocycles. The van der Waals surface area contributed by atoms with Crippen LogP contribution in [0.3, 0.4) is 0 Å². The average Bonchev–Trinajstić information content (AvgIpc) is 2.62. The highest BCUT2D eigenvalue weighted by molar-refractivity contribution is 5.79. The Morgan fingerprint density at radius 1 is 1.31 bits per heavy atom. The van der Waals surface area contributed by atoms with Gasteiger partial charge in [-0.2, -0.15) is 0 Å². The number of benzene rings is 1. The highest BCUT2D eigenvalue weighted by Crippen LogP contribution is 2.19. The van der Waals surface area contributed by atoms with Crippen molar-refractivity contribution in [1.29, 1.82) is 0 Å². The molecule has 0 spiro atoms.